The summed E-state index contributed by atoms with van der Waals surface area (Å²) in [6.45, 7) is 1.36. The number of benzene rings is 2. The lowest BCUT2D eigenvalue weighted by molar-refractivity contribution is -0.124. The molecule has 0 aromatic heterocycles. The van der Waals surface area contributed by atoms with Gasteiger partial charge in [-0.2, -0.15) is 5.26 Å². The Morgan fingerprint density at radius 1 is 1.18 bits per heavy atom. The molecule has 1 atom stereocenters. The minimum Gasteiger partial charge on any atom is -0.368 e. The van der Waals surface area contributed by atoms with Gasteiger partial charge >= 0.3 is 0 Å². The Kier molecular flexibility index (Phi) is 3.90. The maximum atomic E-state index is 11.8. The summed E-state index contributed by atoms with van der Waals surface area (Å²) in [4.78, 5) is 13.9. The minimum atomic E-state index is -0.289. The third-order valence-electron chi connectivity index (χ3n) is 4.14. The molecule has 0 radical (unpaired) electrons. The molecule has 22 heavy (non-hydrogen) atoms. The van der Waals surface area contributed by atoms with Crippen LogP contribution in [0.3, 0.4) is 0 Å². The lowest BCUT2D eigenvalue weighted by Crippen LogP contribution is -2.48. The second kappa shape index (κ2) is 6.00. The first-order chi connectivity index (χ1) is 10.7. The molecule has 2 aromatic rings. The van der Waals surface area contributed by atoms with Gasteiger partial charge in [-0.25, -0.2) is 0 Å². The molecular formula is C18H17N3O. The summed E-state index contributed by atoms with van der Waals surface area (Å²) in [7, 11) is 0. The molecular weight excluding hydrogens is 274 g/mol. The minimum absolute atomic E-state index is 0.287. The lowest BCUT2D eigenvalue weighted by atomic mass is 9.93. The second-order valence-electron chi connectivity index (χ2n) is 5.60. The number of fused-ring (bicyclic) bond motifs is 1. The molecule has 110 valence electrons. The van der Waals surface area contributed by atoms with Gasteiger partial charge in [0.25, 0.3) is 0 Å². The van der Waals surface area contributed by atoms with Crippen LogP contribution in [-0.2, 0) is 24.3 Å². The topological polar surface area (TPSA) is 70.1 Å². The van der Waals surface area contributed by atoms with Crippen LogP contribution in [-0.4, -0.2) is 16.8 Å². The molecule has 0 fully saturated rings. The van der Waals surface area contributed by atoms with E-state index in [-0.39, 0.29) is 11.9 Å². The predicted octanol–water partition coefficient (Wildman–Crippen LogP) is 1.97. The van der Waals surface area contributed by atoms with E-state index in [2.05, 4.69) is 23.1 Å². The molecule has 1 amide bonds. The largest absolute Gasteiger partial charge is 0.368 e. The highest BCUT2D eigenvalue weighted by Gasteiger charge is 2.29. The van der Waals surface area contributed by atoms with Crippen LogP contribution in [0.4, 0.5) is 0 Å². The lowest BCUT2D eigenvalue weighted by Gasteiger charge is -2.35. The van der Waals surface area contributed by atoms with Gasteiger partial charge in [0.05, 0.1) is 17.7 Å². The van der Waals surface area contributed by atoms with Crippen molar-refractivity contribution in [3.8, 4) is 6.07 Å². The van der Waals surface area contributed by atoms with Crippen LogP contribution in [0, 0.1) is 11.3 Å². The number of nitriles is 1. The highest BCUT2D eigenvalue weighted by molar-refractivity contribution is 5.80. The number of hydrogen-bond donors (Lipinski definition) is 1. The molecule has 1 heterocycles. The molecule has 0 saturated carbocycles. The van der Waals surface area contributed by atoms with Crippen molar-refractivity contribution in [3.63, 3.8) is 0 Å². The predicted molar refractivity (Wildman–Crippen MR) is 83.5 cm³/mol. The van der Waals surface area contributed by atoms with Crippen LogP contribution in [0.2, 0.25) is 0 Å². The van der Waals surface area contributed by atoms with Gasteiger partial charge in [-0.15, -0.1) is 0 Å². The van der Waals surface area contributed by atoms with Crippen molar-refractivity contribution in [1.82, 2.24) is 4.90 Å². The average Bonchev–Trinajstić information content (AvgIpc) is 2.54. The van der Waals surface area contributed by atoms with Gasteiger partial charge in [-0.3, -0.25) is 9.69 Å². The molecule has 1 aliphatic rings. The highest BCUT2D eigenvalue weighted by atomic mass is 16.1. The van der Waals surface area contributed by atoms with Crippen LogP contribution in [0.15, 0.2) is 48.5 Å². The highest BCUT2D eigenvalue weighted by Crippen LogP contribution is 2.24. The van der Waals surface area contributed by atoms with Crippen molar-refractivity contribution in [2.45, 2.75) is 25.6 Å². The SMILES string of the molecule is N#Cc1ccc(CN2Cc3ccccc3C[C@H]2C(N)=O)cc1. The monoisotopic (exact) mass is 291 g/mol. The van der Waals surface area contributed by atoms with Crippen molar-refractivity contribution in [1.29, 1.82) is 5.26 Å². The van der Waals surface area contributed by atoms with Gasteiger partial charge in [0.2, 0.25) is 5.91 Å². The van der Waals surface area contributed by atoms with Crippen molar-refractivity contribution in [3.05, 3.63) is 70.8 Å². The summed E-state index contributed by atoms with van der Waals surface area (Å²) >= 11 is 0. The Hall–Kier alpha value is -2.64. The Labute approximate surface area is 129 Å². The van der Waals surface area contributed by atoms with E-state index in [9.17, 15) is 4.79 Å². The molecule has 0 bridgehead atoms. The van der Waals surface area contributed by atoms with Crippen LogP contribution < -0.4 is 5.73 Å². The van der Waals surface area contributed by atoms with Crippen LogP contribution >= 0.6 is 0 Å². The van der Waals surface area contributed by atoms with Crippen molar-refractivity contribution in [2.24, 2.45) is 5.73 Å². The van der Waals surface area contributed by atoms with Crippen molar-refractivity contribution in [2.75, 3.05) is 0 Å². The van der Waals surface area contributed by atoms with E-state index in [4.69, 9.17) is 11.0 Å². The quantitative estimate of drug-likeness (QED) is 0.940. The van der Waals surface area contributed by atoms with Crippen molar-refractivity contribution < 1.29 is 4.79 Å². The zero-order valence-corrected chi connectivity index (χ0v) is 12.2. The maximum Gasteiger partial charge on any atom is 0.235 e. The van der Waals surface area contributed by atoms with E-state index in [0.29, 0.717) is 25.1 Å². The summed E-state index contributed by atoms with van der Waals surface area (Å²) in [5.74, 6) is -0.289. The number of rotatable bonds is 3. The van der Waals surface area contributed by atoms with Crippen LogP contribution in [0.5, 0.6) is 0 Å². The maximum absolute atomic E-state index is 11.8. The molecule has 4 nitrogen and oxygen atoms in total. The Morgan fingerprint density at radius 2 is 1.86 bits per heavy atom. The number of nitrogens with zero attached hydrogens (tertiary/aromatic N) is 2. The molecule has 2 N–H and O–H groups in total. The van der Waals surface area contributed by atoms with Gasteiger partial charge in [0.15, 0.2) is 0 Å². The summed E-state index contributed by atoms with van der Waals surface area (Å²) in [5, 5.41) is 8.85. The third-order valence-corrected chi connectivity index (χ3v) is 4.14. The summed E-state index contributed by atoms with van der Waals surface area (Å²) in [6, 6.07) is 17.4. The van der Waals surface area contributed by atoms with Crippen molar-refractivity contribution >= 4 is 5.91 Å². The number of nitrogens with two attached hydrogens (primary N) is 1. The fourth-order valence-electron chi connectivity index (χ4n) is 2.94. The fourth-order valence-corrected chi connectivity index (χ4v) is 2.94. The zero-order chi connectivity index (χ0) is 15.5. The first kappa shape index (κ1) is 14.3. The molecule has 3 rings (SSSR count). The van der Waals surface area contributed by atoms with E-state index in [0.717, 1.165) is 5.56 Å². The smallest absolute Gasteiger partial charge is 0.235 e. The van der Waals surface area contributed by atoms with E-state index in [1.165, 1.54) is 11.1 Å². The Bertz CT molecular complexity index is 731. The standard InChI is InChI=1S/C18H17N3O/c19-10-13-5-7-14(8-6-13)11-21-12-16-4-2-1-3-15(16)9-17(21)18(20)22/h1-8,17H,9,11-12H2,(H2,20,22)/t17-/m0/s1. The number of hydrogen-bond acceptors (Lipinski definition) is 3. The summed E-state index contributed by atoms with van der Waals surface area (Å²) in [5.41, 5.74) is 9.74. The van der Waals surface area contributed by atoms with Gasteiger partial charge in [0.1, 0.15) is 0 Å². The molecule has 0 spiro atoms. The van der Waals surface area contributed by atoms with Crippen LogP contribution in [0.1, 0.15) is 22.3 Å². The van der Waals surface area contributed by atoms with E-state index < -0.39 is 0 Å². The molecule has 1 aliphatic heterocycles. The number of amides is 1. The second-order valence-corrected chi connectivity index (χ2v) is 5.60. The summed E-state index contributed by atoms with van der Waals surface area (Å²) in [6.07, 6.45) is 0.655. The third kappa shape index (κ3) is 2.85. The molecule has 4 heteroatoms. The van der Waals surface area contributed by atoms with Gasteiger partial charge < -0.3 is 5.73 Å². The average molecular weight is 291 g/mol. The first-order valence-corrected chi connectivity index (χ1v) is 7.26. The van der Waals surface area contributed by atoms with E-state index >= 15 is 0 Å². The van der Waals surface area contributed by atoms with Gasteiger partial charge in [-0.1, -0.05) is 36.4 Å². The number of carbonyl (C=O) groups excluding carboxylic acids is 1. The number of carbonyl (C=O) groups is 1. The normalized spacial score (nSPS) is 17.5. The van der Waals surface area contributed by atoms with E-state index in [1.807, 2.05) is 24.3 Å². The Balaban J connectivity index is 1.84. The molecule has 2 aromatic carbocycles. The first-order valence-electron chi connectivity index (χ1n) is 7.26. The van der Waals surface area contributed by atoms with Gasteiger partial charge in [-0.05, 0) is 35.2 Å². The van der Waals surface area contributed by atoms with E-state index in [1.54, 1.807) is 12.1 Å². The number of primary amides is 1. The van der Waals surface area contributed by atoms with Crippen LogP contribution in [0.25, 0.3) is 0 Å². The Morgan fingerprint density at radius 3 is 2.50 bits per heavy atom. The van der Waals surface area contributed by atoms with Gasteiger partial charge in [0, 0.05) is 13.1 Å². The zero-order valence-electron chi connectivity index (χ0n) is 12.2. The molecule has 0 aliphatic carbocycles. The molecule has 0 saturated heterocycles. The molecule has 0 unspecified atom stereocenters. The fraction of sp³-hybridized carbons (Fsp3) is 0.222. The summed E-state index contributed by atoms with van der Waals surface area (Å²) < 4.78 is 0.